The van der Waals surface area contributed by atoms with Gasteiger partial charge < -0.3 is 9.72 Å². The number of hydrogen-bond donors (Lipinski definition) is 1. The monoisotopic (exact) mass is 206 g/mol. The maximum Gasteiger partial charge on any atom is 0.328 e. The number of hydrogen-bond acceptors (Lipinski definition) is 3. The number of aromatic amines is 1. The van der Waals surface area contributed by atoms with Crippen LogP contribution in [-0.4, -0.2) is 16.7 Å². The van der Waals surface area contributed by atoms with Gasteiger partial charge in [0, 0.05) is 7.05 Å². The smallest absolute Gasteiger partial charge is 0.328 e. The van der Waals surface area contributed by atoms with Crippen LogP contribution in [0.15, 0.2) is 27.8 Å². The van der Waals surface area contributed by atoms with Crippen LogP contribution >= 0.6 is 0 Å². The molecular weight excluding hydrogens is 196 g/mol. The third kappa shape index (κ3) is 1.32. The van der Waals surface area contributed by atoms with Gasteiger partial charge in [0.05, 0.1) is 18.0 Å². The van der Waals surface area contributed by atoms with E-state index in [1.165, 1.54) is 14.2 Å². The lowest BCUT2D eigenvalue weighted by atomic mass is 10.2. The first-order valence-corrected chi connectivity index (χ1v) is 4.41. The minimum atomic E-state index is -0.447. The summed E-state index contributed by atoms with van der Waals surface area (Å²) in [5, 5.41) is 0.441. The Balaban J connectivity index is 3.05. The highest BCUT2D eigenvalue weighted by atomic mass is 16.5. The summed E-state index contributed by atoms with van der Waals surface area (Å²) in [6.07, 6.45) is 0. The number of H-pyrrole nitrogens is 1. The van der Waals surface area contributed by atoms with E-state index in [-0.39, 0.29) is 5.56 Å². The van der Waals surface area contributed by atoms with Crippen LogP contribution in [0.4, 0.5) is 0 Å². The van der Waals surface area contributed by atoms with Gasteiger partial charge in [-0.05, 0) is 12.1 Å². The summed E-state index contributed by atoms with van der Waals surface area (Å²) in [6.45, 7) is 0. The predicted molar refractivity (Wildman–Crippen MR) is 56.4 cm³/mol. The van der Waals surface area contributed by atoms with E-state index < -0.39 is 5.69 Å². The van der Waals surface area contributed by atoms with Gasteiger partial charge in [-0.3, -0.25) is 9.36 Å². The van der Waals surface area contributed by atoms with Gasteiger partial charge in [0.1, 0.15) is 5.75 Å². The van der Waals surface area contributed by atoms with Crippen LogP contribution in [0.3, 0.4) is 0 Å². The van der Waals surface area contributed by atoms with Crippen molar-refractivity contribution in [1.82, 2.24) is 9.55 Å². The minimum absolute atomic E-state index is 0.326. The van der Waals surface area contributed by atoms with E-state index in [2.05, 4.69) is 4.98 Å². The minimum Gasteiger partial charge on any atom is -0.495 e. The molecule has 1 heterocycles. The number of benzene rings is 1. The van der Waals surface area contributed by atoms with E-state index >= 15 is 0 Å². The van der Waals surface area contributed by atoms with Crippen LogP contribution in [0.25, 0.3) is 10.9 Å². The number of para-hydroxylation sites is 1. The van der Waals surface area contributed by atoms with Crippen molar-refractivity contribution in [3.63, 3.8) is 0 Å². The van der Waals surface area contributed by atoms with Gasteiger partial charge in [0.2, 0.25) is 0 Å². The predicted octanol–water partition coefficient (Wildman–Crippen LogP) is 0.235. The highest BCUT2D eigenvalue weighted by Crippen LogP contribution is 2.18. The summed E-state index contributed by atoms with van der Waals surface area (Å²) in [4.78, 5) is 25.7. The highest BCUT2D eigenvalue weighted by molar-refractivity contribution is 5.83. The average molecular weight is 206 g/mol. The van der Waals surface area contributed by atoms with Crippen molar-refractivity contribution in [2.24, 2.45) is 7.05 Å². The Morgan fingerprint density at radius 3 is 2.73 bits per heavy atom. The molecule has 0 aliphatic heterocycles. The molecule has 0 saturated heterocycles. The fraction of sp³-hybridized carbons (Fsp3) is 0.200. The van der Waals surface area contributed by atoms with Crippen molar-refractivity contribution in [1.29, 1.82) is 0 Å². The zero-order valence-corrected chi connectivity index (χ0v) is 8.40. The molecule has 0 amide bonds. The molecule has 0 aliphatic rings. The van der Waals surface area contributed by atoms with E-state index in [0.717, 1.165) is 4.57 Å². The first-order chi connectivity index (χ1) is 7.15. The Bertz CT molecular complexity index is 625. The fourth-order valence-corrected chi connectivity index (χ4v) is 1.47. The van der Waals surface area contributed by atoms with Gasteiger partial charge in [0.25, 0.3) is 5.56 Å². The molecule has 0 radical (unpaired) electrons. The number of aromatic nitrogens is 2. The van der Waals surface area contributed by atoms with Crippen LogP contribution in [0.2, 0.25) is 0 Å². The maximum absolute atomic E-state index is 11.7. The van der Waals surface area contributed by atoms with Crippen molar-refractivity contribution < 1.29 is 4.74 Å². The molecule has 2 rings (SSSR count). The van der Waals surface area contributed by atoms with Gasteiger partial charge in [-0.1, -0.05) is 6.07 Å². The molecule has 0 saturated carbocycles. The maximum atomic E-state index is 11.7. The zero-order chi connectivity index (χ0) is 11.0. The number of fused-ring (bicyclic) bond motifs is 1. The van der Waals surface area contributed by atoms with Crippen molar-refractivity contribution in [3.05, 3.63) is 39.0 Å². The average Bonchev–Trinajstić information content (AvgIpc) is 2.25. The largest absolute Gasteiger partial charge is 0.495 e. The molecule has 1 aromatic heterocycles. The van der Waals surface area contributed by atoms with Crippen molar-refractivity contribution >= 4 is 10.9 Å². The molecule has 2 aromatic rings. The molecule has 0 bridgehead atoms. The normalized spacial score (nSPS) is 10.5. The third-order valence-electron chi connectivity index (χ3n) is 2.32. The van der Waals surface area contributed by atoms with Crippen molar-refractivity contribution in [3.8, 4) is 5.75 Å². The van der Waals surface area contributed by atoms with Crippen LogP contribution in [0.1, 0.15) is 0 Å². The molecule has 0 atom stereocenters. The van der Waals surface area contributed by atoms with Gasteiger partial charge in [-0.15, -0.1) is 0 Å². The second kappa shape index (κ2) is 3.27. The first kappa shape index (κ1) is 9.51. The Hall–Kier alpha value is -2.04. The molecule has 0 fully saturated rings. The Labute approximate surface area is 84.9 Å². The quantitative estimate of drug-likeness (QED) is 0.726. The van der Waals surface area contributed by atoms with Gasteiger partial charge in [-0.2, -0.15) is 0 Å². The molecular formula is C10H10N2O3. The molecule has 15 heavy (non-hydrogen) atoms. The van der Waals surface area contributed by atoms with Crippen molar-refractivity contribution in [2.75, 3.05) is 7.11 Å². The molecule has 1 N–H and O–H groups in total. The van der Waals surface area contributed by atoms with E-state index in [1.54, 1.807) is 18.2 Å². The lowest BCUT2D eigenvalue weighted by Crippen LogP contribution is -2.32. The van der Waals surface area contributed by atoms with E-state index in [4.69, 9.17) is 4.74 Å². The molecule has 5 nitrogen and oxygen atoms in total. The second-order valence-electron chi connectivity index (χ2n) is 3.18. The fourth-order valence-electron chi connectivity index (χ4n) is 1.47. The summed E-state index contributed by atoms with van der Waals surface area (Å²) < 4.78 is 6.09. The third-order valence-corrected chi connectivity index (χ3v) is 2.32. The number of methoxy groups -OCH3 is 1. The molecule has 78 valence electrons. The number of rotatable bonds is 1. The summed E-state index contributed by atoms with van der Waals surface area (Å²) in [5.74, 6) is 0.488. The zero-order valence-electron chi connectivity index (χ0n) is 8.40. The summed E-state index contributed by atoms with van der Waals surface area (Å²) in [5.41, 5.74) is -0.335. The lowest BCUT2D eigenvalue weighted by Gasteiger charge is -2.05. The number of ether oxygens (including phenoxy) is 1. The number of nitrogens with zero attached hydrogens (tertiary/aromatic N) is 1. The first-order valence-electron chi connectivity index (χ1n) is 4.41. The summed E-state index contributed by atoms with van der Waals surface area (Å²) >= 11 is 0. The Morgan fingerprint density at radius 1 is 1.33 bits per heavy atom. The molecule has 0 unspecified atom stereocenters. The summed E-state index contributed by atoms with van der Waals surface area (Å²) in [6, 6.07) is 5.05. The Morgan fingerprint density at radius 2 is 2.07 bits per heavy atom. The lowest BCUT2D eigenvalue weighted by molar-refractivity contribution is 0.418. The second-order valence-corrected chi connectivity index (χ2v) is 3.18. The molecule has 1 aromatic carbocycles. The standard InChI is InChI=1S/C10H10N2O3/c1-12-9(13)6-4-3-5-7(15-2)8(6)11-10(12)14/h3-5H,1-2H3,(H,11,14). The molecule has 5 heteroatoms. The van der Waals surface area contributed by atoms with Crippen LogP contribution in [0.5, 0.6) is 5.75 Å². The van der Waals surface area contributed by atoms with Gasteiger partial charge >= 0.3 is 5.69 Å². The SMILES string of the molecule is COc1cccc2c(=O)n(C)c(=O)[nH]c12. The van der Waals surface area contributed by atoms with Gasteiger partial charge in [-0.25, -0.2) is 4.79 Å². The number of nitrogens with one attached hydrogen (secondary N) is 1. The van der Waals surface area contributed by atoms with Crippen LogP contribution in [0, 0.1) is 0 Å². The molecule has 0 aliphatic carbocycles. The van der Waals surface area contributed by atoms with E-state index in [0.29, 0.717) is 16.7 Å². The van der Waals surface area contributed by atoms with Crippen LogP contribution in [-0.2, 0) is 7.05 Å². The highest BCUT2D eigenvalue weighted by Gasteiger charge is 2.07. The van der Waals surface area contributed by atoms with E-state index in [1.807, 2.05) is 0 Å². The van der Waals surface area contributed by atoms with Crippen molar-refractivity contribution in [2.45, 2.75) is 0 Å². The Kier molecular flexibility index (Phi) is 2.07. The van der Waals surface area contributed by atoms with Gasteiger partial charge in [0.15, 0.2) is 0 Å². The van der Waals surface area contributed by atoms with E-state index in [9.17, 15) is 9.59 Å². The summed E-state index contributed by atoms with van der Waals surface area (Å²) in [7, 11) is 2.92. The van der Waals surface area contributed by atoms with Crippen LogP contribution < -0.4 is 16.0 Å². The topological polar surface area (TPSA) is 64.1 Å². The molecule has 0 spiro atoms.